The quantitative estimate of drug-likeness (QED) is 0.587. The summed E-state index contributed by atoms with van der Waals surface area (Å²) >= 11 is 20.5. The van der Waals surface area contributed by atoms with Crippen LogP contribution in [0.1, 0.15) is 18.4 Å². The Morgan fingerprint density at radius 1 is 1.00 bits per heavy atom. The van der Waals surface area contributed by atoms with E-state index in [0.29, 0.717) is 16.6 Å². The first-order chi connectivity index (χ1) is 12.6. The highest BCUT2D eigenvalue weighted by atomic mass is 35.5. The third-order valence-electron chi connectivity index (χ3n) is 4.80. The van der Waals surface area contributed by atoms with Gasteiger partial charge in [-0.3, -0.25) is 4.99 Å². The Hall–Kier alpha value is -1.07. The van der Waals surface area contributed by atoms with E-state index in [1.807, 2.05) is 48.2 Å². The van der Waals surface area contributed by atoms with Gasteiger partial charge < -0.3 is 10.6 Å². The molecule has 0 bridgehead atoms. The van der Waals surface area contributed by atoms with Crippen molar-refractivity contribution in [2.45, 2.75) is 24.9 Å². The van der Waals surface area contributed by atoms with Crippen molar-refractivity contribution in [3.8, 4) is 0 Å². The van der Waals surface area contributed by atoms with E-state index in [1.54, 1.807) is 0 Å². The van der Waals surface area contributed by atoms with Crippen LogP contribution in [0.3, 0.4) is 0 Å². The molecule has 2 aliphatic rings. The summed E-state index contributed by atoms with van der Waals surface area (Å²) in [5, 5.41) is 9.03. The summed E-state index contributed by atoms with van der Waals surface area (Å²) in [7, 11) is 0. The van der Waals surface area contributed by atoms with E-state index in [-0.39, 0.29) is 5.54 Å². The lowest BCUT2D eigenvalue weighted by molar-refractivity contribution is 0.560. The molecule has 2 aromatic carbocycles. The molecule has 2 aromatic rings. The summed E-state index contributed by atoms with van der Waals surface area (Å²) in [5.41, 5.74) is 2.79. The number of hydrogen-bond acceptors (Lipinski definition) is 3. The summed E-state index contributed by atoms with van der Waals surface area (Å²) in [5.74, 6) is 3.16. The van der Waals surface area contributed by atoms with Crippen molar-refractivity contribution in [2.75, 3.05) is 22.1 Å². The molecule has 7 heteroatoms. The molecule has 0 saturated carbocycles. The van der Waals surface area contributed by atoms with Crippen molar-refractivity contribution in [3.05, 3.63) is 57.0 Å². The Labute approximate surface area is 172 Å². The SMILES string of the molecule is Clc1cccc(CN=C2Nc3cc(Cl)c(Cl)cc3NC23CCSCC3)c1. The van der Waals surface area contributed by atoms with Crippen LogP contribution in [0, 0.1) is 0 Å². The van der Waals surface area contributed by atoms with Crippen molar-refractivity contribution >= 4 is 63.8 Å². The van der Waals surface area contributed by atoms with Crippen LogP contribution in [0.15, 0.2) is 41.4 Å². The number of anilines is 2. The summed E-state index contributed by atoms with van der Waals surface area (Å²) in [6, 6.07) is 11.6. The second-order valence-corrected chi connectivity index (χ2v) is 9.03. The van der Waals surface area contributed by atoms with Crippen LogP contribution in [0.25, 0.3) is 0 Å². The number of fused-ring (bicyclic) bond motifs is 1. The molecule has 0 atom stereocenters. The number of aliphatic imine (C=N–C) groups is 1. The summed E-state index contributed by atoms with van der Waals surface area (Å²) in [6.07, 6.45) is 2.03. The standard InChI is InChI=1S/C19H18Cl3N3S/c20-13-3-1-2-12(8-13)11-23-18-19(4-6-26-7-5-19)25-17-10-15(22)14(21)9-16(17)24-18/h1-3,8-10,25H,4-7,11H2,(H,23,24). The highest BCUT2D eigenvalue weighted by Crippen LogP contribution is 2.42. The fourth-order valence-electron chi connectivity index (χ4n) is 3.40. The van der Waals surface area contributed by atoms with Crippen LogP contribution >= 0.6 is 46.6 Å². The predicted octanol–water partition coefficient (Wildman–Crippen LogP) is 6.35. The maximum Gasteiger partial charge on any atom is 0.127 e. The first-order valence-electron chi connectivity index (χ1n) is 8.47. The average Bonchev–Trinajstić information content (AvgIpc) is 2.62. The van der Waals surface area contributed by atoms with Crippen molar-refractivity contribution in [2.24, 2.45) is 4.99 Å². The Bertz CT molecular complexity index is 863. The van der Waals surface area contributed by atoms with E-state index in [2.05, 4.69) is 10.6 Å². The van der Waals surface area contributed by atoms with Crippen molar-refractivity contribution in [1.29, 1.82) is 0 Å². The minimum Gasteiger partial charge on any atom is -0.371 e. The molecule has 0 radical (unpaired) electrons. The molecule has 2 heterocycles. The number of amidine groups is 1. The predicted molar refractivity (Wildman–Crippen MR) is 116 cm³/mol. The smallest absolute Gasteiger partial charge is 0.127 e. The monoisotopic (exact) mass is 425 g/mol. The number of hydrogen-bond donors (Lipinski definition) is 2. The molecule has 4 rings (SSSR count). The van der Waals surface area contributed by atoms with Gasteiger partial charge in [-0.1, -0.05) is 46.9 Å². The number of thioether (sulfide) groups is 1. The molecule has 1 spiro atoms. The van der Waals surface area contributed by atoms with E-state index in [0.717, 1.165) is 52.1 Å². The summed E-state index contributed by atoms with van der Waals surface area (Å²) < 4.78 is 0. The molecule has 3 nitrogen and oxygen atoms in total. The van der Waals surface area contributed by atoms with Gasteiger partial charge in [0.05, 0.1) is 33.5 Å². The van der Waals surface area contributed by atoms with Gasteiger partial charge >= 0.3 is 0 Å². The minimum absolute atomic E-state index is 0.187. The lowest BCUT2D eigenvalue weighted by Gasteiger charge is -2.44. The first kappa shape index (κ1) is 18.3. The van der Waals surface area contributed by atoms with Crippen molar-refractivity contribution < 1.29 is 0 Å². The lowest BCUT2D eigenvalue weighted by atomic mass is 9.87. The summed E-state index contributed by atoms with van der Waals surface area (Å²) in [6.45, 7) is 0.579. The number of rotatable bonds is 2. The van der Waals surface area contributed by atoms with Gasteiger partial charge in [-0.2, -0.15) is 11.8 Å². The van der Waals surface area contributed by atoms with Crippen LogP contribution in [0.5, 0.6) is 0 Å². The third-order valence-corrected chi connectivity index (χ3v) is 6.74. The lowest BCUT2D eigenvalue weighted by Crippen LogP contribution is -2.54. The summed E-state index contributed by atoms with van der Waals surface area (Å²) in [4.78, 5) is 4.92. The molecule has 0 aromatic heterocycles. The maximum absolute atomic E-state index is 6.22. The van der Waals surface area contributed by atoms with Crippen molar-refractivity contribution in [1.82, 2.24) is 0 Å². The second-order valence-electron chi connectivity index (χ2n) is 6.55. The molecule has 1 fully saturated rings. The van der Waals surface area contributed by atoms with Gasteiger partial charge in [0, 0.05) is 5.02 Å². The molecule has 2 N–H and O–H groups in total. The van der Waals surface area contributed by atoms with E-state index in [9.17, 15) is 0 Å². The Kier molecular flexibility index (Phi) is 5.29. The Morgan fingerprint density at radius 3 is 2.46 bits per heavy atom. The molecule has 1 saturated heterocycles. The minimum atomic E-state index is -0.187. The van der Waals surface area contributed by atoms with E-state index in [1.165, 1.54) is 0 Å². The largest absolute Gasteiger partial charge is 0.371 e. The van der Waals surface area contributed by atoms with Gasteiger partial charge in [0.25, 0.3) is 0 Å². The first-order valence-corrected chi connectivity index (χ1v) is 10.8. The normalized spacial score (nSPS) is 19.7. The van der Waals surface area contributed by atoms with E-state index < -0.39 is 0 Å². The van der Waals surface area contributed by atoms with Gasteiger partial charge in [0.1, 0.15) is 5.84 Å². The fraction of sp³-hybridized carbons (Fsp3) is 0.316. The Morgan fingerprint density at radius 2 is 1.73 bits per heavy atom. The van der Waals surface area contributed by atoms with Gasteiger partial charge in [-0.05, 0) is 54.2 Å². The van der Waals surface area contributed by atoms with Crippen LogP contribution < -0.4 is 10.6 Å². The molecule has 136 valence electrons. The van der Waals surface area contributed by atoms with Gasteiger partial charge in [-0.25, -0.2) is 0 Å². The van der Waals surface area contributed by atoms with Gasteiger partial charge in [0.15, 0.2) is 0 Å². The van der Waals surface area contributed by atoms with Crippen LogP contribution in [-0.4, -0.2) is 22.9 Å². The zero-order chi connectivity index (χ0) is 18.1. The van der Waals surface area contributed by atoms with Gasteiger partial charge in [-0.15, -0.1) is 0 Å². The molecule has 0 unspecified atom stereocenters. The zero-order valence-electron chi connectivity index (χ0n) is 14.0. The molecule has 0 aliphatic carbocycles. The molecular weight excluding hydrogens is 409 g/mol. The number of nitrogens with zero attached hydrogens (tertiary/aromatic N) is 1. The second kappa shape index (κ2) is 7.51. The Balaban J connectivity index is 1.70. The number of benzene rings is 2. The van der Waals surface area contributed by atoms with E-state index >= 15 is 0 Å². The van der Waals surface area contributed by atoms with Crippen LogP contribution in [0.4, 0.5) is 11.4 Å². The van der Waals surface area contributed by atoms with E-state index in [4.69, 9.17) is 39.8 Å². The molecule has 0 amide bonds. The molecular formula is C19H18Cl3N3S. The molecule has 2 aliphatic heterocycles. The highest BCUT2D eigenvalue weighted by molar-refractivity contribution is 7.99. The van der Waals surface area contributed by atoms with Gasteiger partial charge in [0.2, 0.25) is 0 Å². The van der Waals surface area contributed by atoms with Crippen LogP contribution in [0.2, 0.25) is 15.1 Å². The number of halogens is 3. The zero-order valence-corrected chi connectivity index (χ0v) is 17.1. The van der Waals surface area contributed by atoms with Crippen molar-refractivity contribution in [3.63, 3.8) is 0 Å². The average molecular weight is 427 g/mol. The fourth-order valence-corrected chi connectivity index (χ4v) is 5.13. The molecule has 26 heavy (non-hydrogen) atoms. The highest BCUT2D eigenvalue weighted by Gasteiger charge is 2.41. The maximum atomic E-state index is 6.22. The third kappa shape index (κ3) is 3.65. The van der Waals surface area contributed by atoms with Crippen LogP contribution in [-0.2, 0) is 6.54 Å². The topological polar surface area (TPSA) is 36.4 Å². The number of nitrogens with one attached hydrogen (secondary N) is 2.